The molecule has 4 aromatic rings. The van der Waals surface area contributed by atoms with Crippen molar-refractivity contribution < 1.29 is 27.4 Å². The largest absolute Gasteiger partial charge is 0.456 e. The molecule has 1 unspecified atom stereocenters. The molecule has 0 aliphatic heterocycles. The number of alkyl halides is 2. The summed E-state index contributed by atoms with van der Waals surface area (Å²) < 4.78 is 66.2. The normalized spacial score (nSPS) is 13.2. The Bertz CT molecular complexity index is 1390. The van der Waals surface area contributed by atoms with Crippen LogP contribution < -0.4 is 4.74 Å². The lowest BCUT2D eigenvalue weighted by molar-refractivity contribution is -0.208. The van der Waals surface area contributed by atoms with Crippen molar-refractivity contribution in [3.05, 3.63) is 100 Å². The summed E-state index contributed by atoms with van der Waals surface area (Å²) >= 11 is 3.02. The Morgan fingerprint density at radius 1 is 1.03 bits per heavy atom. The van der Waals surface area contributed by atoms with Crippen LogP contribution in [0.1, 0.15) is 16.8 Å². The number of rotatable bonds is 7. The Balaban J connectivity index is 1.70. The maximum Gasteiger partial charge on any atom is 0.323 e. The molecule has 0 amide bonds. The fourth-order valence-corrected chi connectivity index (χ4v) is 3.63. The average Bonchev–Trinajstić information content (AvgIpc) is 3.23. The lowest BCUT2D eigenvalue weighted by Crippen LogP contribution is -2.48. The van der Waals surface area contributed by atoms with Crippen LogP contribution >= 0.6 is 15.9 Å². The fourth-order valence-electron chi connectivity index (χ4n) is 3.32. The number of aliphatic hydroxyl groups is 1. The summed E-state index contributed by atoms with van der Waals surface area (Å²) in [5, 5.41) is 23.9. The first-order valence-electron chi connectivity index (χ1n) is 9.87. The maximum atomic E-state index is 15.8. The Morgan fingerprint density at radius 3 is 2.31 bits per heavy atom. The highest BCUT2D eigenvalue weighted by molar-refractivity contribution is 9.10. The van der Waals surface area contributed by atoms with Crippen LogP contribution in [0.5, 0.6) is 11.5 Å². The van der Waals surface area contributed by atoms with Crippen molar-refractivity contribution in [3.63, 3.8) is 0 Å². The van der Waals surface area contributed by atoms with Crippen molar-refractivity contribution >= 4 is 15.9 Å². The fraction of sp³-hybridized carbons (Fsp3) is 0.130. The van der Waals surface area contributed by atoms with E-state index >= 15 is 8.78 Å². The second-order valence-corrected chi connectivity index (χ2v) is 8.07. The van der Waals surface area contributed by atoms with Crippen LogP contribution in [0.15, 0.2) is 71.9 Å². The second kappa shape index (κ2) is 9.44. The third-order valence-corrected chi connectivity index (χ3v) is 5.73. The van der Waals surface area contributed by atoms with E-state index in [0.29, 0.717) is 17.4 Å². The van der Waals surface area contributed by atoms with E-state index in [1.165, 1.54) is 30.3 Å². The standard InChI is InChI=1S/C23H14BrF4N5O2/c24-21-31-13-32-33(21)12-22(34,18-7-3-15(25)9-19(18)26)23(27,28)20-8-6-17(11-30-20)35-16-4-1-14(10-29)2-5-16/h1-9,11,13,34H,12H2. The minimum atomic E-state index is -4.18. The molecule has 2 aromatic carbocycles. The molecule has 0 saturated carbocycles. The average molecular weight is 548 g/mol. The van der Waals surface area contributed by atoms with Gasteiger partial charge in [-0.25, -0.2) is 18.4 Å². The molecule has 1 N–H and O–H groups in total. The molecule has 2 heterocycles. The zero-order valence-electron chi connectivity index (χ0n) is 17.5. The van der Waals surface area contributed by atoms with Crippen molar-refractivity contribution in [1.82, 2.24) is 19.7 Å². The van der Waals surface area contributed by atoms with E-state index in [1.807, 2.05) is 6.07 Å². The monoisotopic (exact) mass is 547 g/mol. The maximum absolute atomic E-state index is 15.8. The number of hydrogen-bond acceptors (Lipinski definition) is 6. The van der Waals surface area contributed by atoms with Gasteiger partial charge in [-0.2, -0.15) is 19.1 Å². The predicted octanol–water partition coefficient (Wildman–Crippen LogP) is 5.06. The lowest BCUT2D eigenvalue weighted by Gasteiger charge is -2.36. The summed E-state index contributed by atoms with van der Waals surface area (Å²) in [6, 6.07) is 12.1. The van der Waals surface area contributed by atoms with Crippen LogP contribution in [-0.4, -0.2) is 24.9 Å². The summed E-state index contributed by atoms with van der Waals surface area (Å²) in [6.07, 6.45) is 2.06. The third kappa shape index (κ3) is 4.73. The Hall–Kier alpha value is -3.82. The van der Waals surface area contributed by atoms with Crippen molar-refractivity contribution in [2.24, 2.45) is 0 Å². The van der Waals surface area contributed by atoms with Crippen LogP contribution in [0.2, 0.25) is 0 Å². The predicted molar refractivity (Wildman–Crippen MR) is 117 cm³/mol. The second-order valence-electron chi connectivity index (χ2n) is 7.36. The zero-order chi connectivity index (χ0) is 25.2. The van der Waals surface area contributed by atoms with Crippen molar-refractivity contribution in [2.45, 2.75) is 18.1 Å². The number of halogens is 5. The van der Waals surface area contributed by atoms with E-state index in [-0.39, 0.29) is 10.5 Å². The molecule has 12 heteroatoms. The number of benzene rings is 2. The van der Waals surface area contributed by atoms with E-state index < -0.39 is 41.0 Å². The number of ether oxygens (including phenoxy) is 1. The minimum Gasteiger partial charge on any atom is -0.456 e. The summed E-state index contributed by atoms with van der Waals surface area (Å²) in [4.78, 5) is 7.49. The lowest BCUT2D eigenvalue weighted by atomic mass is 9.84. The van der Waals surface area contributed by atoms with Gasteiger partial charge in [-0.3, -0.25) is 4.98 Å². The van der Waals surface area contributed by atoms with Gasteiger partial charge in [0.15, 0.2) is 10.3 Å². The van der Waals surface area contributed by atoms with Crippen molar-refractivity contribution in [2.75, 3.05) is 0 Å². The molecule has 2 aromatic heterocycles. The summed E-state index contributed by atoms with van der Waals surface area (Å²) in [7, 11) is 0. The molecule has 0 saturated heterocycles. The van der Waals surface area contributed by atoms with Gasteiger partial charge < -0.3 is 9.84 Å². The smallest absolute Gasteiger partial charge is 0.323 e. The van der Waals surface area contributed by atoms with E-state index in [0.717, 1.165) is 35.4 Å². The molecule has 178 valence electrons. The molecule has 35 heavy (non-hydrogen) atoms. The Morgan fingerprint density at radius 2 is 1.74 bits per heavy atom. The first kappa shape index (κ1) is 24.3. The minimum absolute atomic E-state index is 0.00775. The number of nitrogens with zero attached hydrogens (tertiary/aromatic N) is 5. The molecular formula is C23H14BrF4N5O2. The van der Waals surface area contributed by atoms with Gasteiger partial charge in [0.1, 0.15) is 35.2 Å². The first-order chi connectivity index (χ1) is 16.6. The molecule has 7 nitrogen and oxygen atoms in total. The summed E-state index contributed by atoms with van der Waals surface area (Å²) in [5.74, 6) is -6.11. The van der Waals surface area contributed by atoms with E-state index in [1.54, 1.807) is 0 Å². The number of pyridine rings is 1. The molecule has 0 aliphatic carbocycles. The van der Waals surface area contributed by atoms with Gasteiger partial charge >= 0.3 is 5.92 Å². The van der Waals surface area contributed by atoms with Gasteiger partial charge in [-0.05, 0) is 64.5 Å². The van der Waals surface area contributed by atoms with Crippen LogP contribution in [0.4, 0.5) is 17.6 Å². The quantitative estimate of drug-likeness (QED) is 0.325. The molecular weight excluding hydrogens is 534 g/mol. The molecule has 0 spiro atoms. The summed E-state index contributed by atoms with van der Waals surface area (Å²) in [6.45, 7) is -0.936. The third-order valence-electron chi connectivity index (χ3n) is 5.12. The number of hydrogen-bond donors (Lipinski definition) is 1. The molecule has 0 bridgehead atoms. The highest BCUT2D eigenvalue weighted by Gasteiger charge is 2.58. The topological polar surface area (TPSA) is 96.8 Å². The van der Waals surface area contributed by atoms with Gasteiger partial charge in [-0.15, -0.1) is 0 Å². The van der Waals surface area contributed by atoms with Gasteiger partial charge in [-0.1, -0.05) is 0 Å². The van der Waals surface area contributed by atoms with E-state index in [4.69, 9.17) is 10.00 Å². The van der Waals surface area contributed by atoms with Gasteiger partial charge in [0.25, 0.3) is 0 Å². The zero-order valence-corrected chi connectivity index (χ0v) is 19.1. The van der Waals surface area contributed by atoms with E-state index in [2.05, 4.69) is 31.0 Å². The highest BCUT2D eigenvalue weighted by Crippen LogP contribution is 2.47. The summed E-state index contributed by atoms with van der Waals surface area (Å²) in [5.41, 5.74) is -4.57. The molecule has 0 fully saturated rings. The van der Waals surface area contributed by atoms with Crippen LogP contribution in [0.3, 0.4) is 0 Å². The van der Waals surface area contributed by atoms with Crippen LogP contribution in [0, 0.1) is 23.0 Å². The SMILES string of the molecule is N#Cc1ccc(Oc2ccc(C(F)(F)C(O)(Cn3ncnc3Br)c3ccc(F)cc3F)nc2)cc1. The number of aromatic nitrogens is 4. The van der Waals surface area contributed by atoms with Crippen LogP contribution in [0.25, 0.3) is 0 Å². The molecule has 0 aliphatic rings. The number of nitriles is 1. The van der Waals surface area contributed by atoms with E-state index in [9.17, 15) is 13.9 Å². The highest BCUT2D eigenvalue weighted by atomic mass is 79.9. The molecule has 1 atom stereocenters. The van der Waals surface area contributed by atoms with Gasteiger partial charge in [0, 0.05) is 11.6 Å². The van der Waals surface area contributed by atoms with Gasteiger partial charge in [0.05, 0.1) is 24.4 Å². The Kier molecular flexibility index (Phi) is 6.56. The van der Waals surface area contributed by atoms with Crippen molar-refractivity contribution in [3.8, 4) is 17.6 Å². The van der Waals surface area contributed by atoms with Gasteiger partial charge in [0.2, 0.25) is 0 Å². The van der Waals surface area contributed by atoms with Crippen LogP contribution in [-0.2, 0) is 18.1 Å². The molecule has 4 rings (SSSR count). The molecule has 0 radical (unpaired) electrons. The Labute approximate surface area is 204 Å². The van der Waals surface area contributed by atoms with Crippen molar-refractivity contribution in [1.29, 1.82) is 5.26 Å². The first-order valence-corrected chi connectivity index (χ1v) is 10.7.